The molecule has 0 rings (SSSR count). The lowest BCUT2D eigenvalue weighted by molar-refractivity contribution is -0.167. The van der Waals surface area contributed by atoms with Gasteiger partial charge in [-0.2, -0.15) is 0 Å². The standard InChI is InChI=1S/C74H128O6/c1-4-7-10-13-16-19-22-25-28-30-31-32-33-34-35-36-37-38-39-40-41-42-43-44-47-49-52-55-58-61-64-67-73(76)79-70-71(69-78-72(75)66-63-60-57-54-51-48-45-27-24-21-18-15-12-9-6-3)80-74(77)68-65-62-59-56-53-50-46-29-26-23-20-17-14-11-8-5-2/h7,10,16,19-20,23,25,27-29,31-32,34-35,45-46,71H,4-6,8-9,11-15,17-18,21-22,24,26,30,33,36-44,47-70H2,1-3H3/b10-7-,19-16-,23-20-,28-25-,32-31-,35-34-,45-27-,46-29-. The van der Waals surface area contributed by atoms with Crippen molar-refractivity contribution in [1.82, 2.24) is 0 Å². The molecule has 460 valence electrons. The molecule has 1 unspecified atom stereocenters. The summed E-state index contributed by atoms with van der Waals surface area (Å²) >= 11 is 0. The van der Waals surface area contributed by atoms with Gasteiger partial charge in [0.2, 0.25) is 0 Å². The maximum absolute atomic E-state index is 12.9. The Morgan fingerprint density at radius 1 is 0.263 bits per heavy atom. The van der Waals surface area contributed by atoms with E-state index < -0.39 is 6.10 Å². The Labute approximate surface area is 496 Å². The molecule has 0 saturated carbocycles. The van der Waals surface area contributed by atoms with Crippen LogP contribution in [0.25, 0.3) is 0 Å². The molecule has 0 amide bonds. The number of carbonyl (C=O) groups is 3. The monoisotopic (exact) mass is 1110 g/mol. The van der Waals surface area contributed by atoms with Crippen LogP contribution in [0.4, 0.5) is 0 Å². The molecular weight excluding hydrogens is 985 g/mol. The van der Waals surface area contributed by atoms with E-state index in [4.69, 9.17) is 14.2 Å². The summed E-state index contributed by atoms with van der Waals surface area (Å²) in [7, 11) is 0. The third kappa shape index (κ3) is 65.1. The molecule has 0 aromatic rings. The van der Waals surface area contributed by atoms with Gasteiger partial charge < -0.3 is 14.2 Å². The molecule has 0 radical (unpaired) electrons. The Hall–Kier alpha value is -3.67. The van der Waals surface area contributed by atoms with Crippen LogP contribution in [0.2, 0.25) is 0 Å². The summed E-state index contributed by atoms with van der Waals surface area (Å²) in [4.78, 5) is 38.4. The van der Waals surface area contributed by atoms with Gasteiger partial charge in [0, 0.05) is 19.3 Å². The van der Waals surface area contributed by atoms with Gasteiger partial charge in [-0.25, -0.2) is 0 Å². The second-order valence-electron chi connectivity index (χ2n) is 22.7. The molecule has 80 heavy (non-hydrogen) atoms. The summed E-state index contributed by atoms with van der Waals surface area (Å²) in [6.07, 6.45) is 91.4. The maximum atomic E-state index is 12.9. The highest BCUT2D eigenvalue weighted by atomic mass is 16.6. The fourth-order valence-corrected chi connectivity index (χ4v) is 9.67. The summed E-state index contributed by atoms with van der Waals surface area (Å²) < 4.78 is 16.9. The van der Waals surface area contributed by atoms with Gasteiger partial charge in [-0.15, -0.1) is 0 Å². The predicted octanol–water partition coefficient (Wildman–Crippen LogP) is 23.6. The second-order valence-corrected chi connectivity index (χ2v) is 22.7. The Morgan fingerprint density at radius 3 is 0.787 bits per heavy atom. The van der Waals surface area contributed by atoms with Gasteiger partial charge in [0.25, 0.3) is 0 Å². The number of carbonyl (C=O) groups excluding carboxylic acids is 3. The number of hydrogen-bond donors (Lipinski definition) is 0. The van der Waals surface area contributed by atoms with Crippen molar-refractivity contribution < 1.29 is 28.6 Å². The summed E-state index contributed by atoms with van der Waals surface area (Å²) in [5.41, 5.74) is 0. The van der Waals surface area contributed by atoms with Crippen LogP contribution in [0.1, 0.15) is 335 Å². The van der Waals surface area contributed by atoms with Crippen LogP contribution in [-0.4, -0.2) is 37.2 Å². The predicted molar refractivity (Wildman–Crippen MR) is 348 cm³/mol. The van der Waals surface area contributed by atoms with E-state index in [-0.39, 0.29) is 31.1 Å². The summed E-state index contributed by atoms with van der Waals surface area (Å²) in [6, 6.07) is 0. The first-order valence-electron chi connectivity index (χ1n) is 34.2. The minimum atomic E-state index is -0.789. The lowest BCUT2D eigenvalue weighted by atomic mass is 10.0. The van der Waals surface area contributed by atoms with E-state index in [2.05, 4.69) is 118 Å². The molecule has 0 aliphatic carbocycles. The van der Waals surface area contributed by atoms with Gasteiger partial charge >= 0.3 is 17.9 Å². The van der Waals surface area contributed by atoms with E-state index in [9.17, 15) is 14.4 Å². The molecule has 0 aliphatic heterocycles. The Morgan fingerprint density at radius 2 is 0.487 bits per heavy atom. The van der Waals surface area contributed by atoms with Crippen LogP contribution in [0.3, 0.4) is 0 Å². The van der Waals surface area contributed by atoms with Crippen molar-refractivity contribution in [2.24, 2.45) is 0 Å². The molecule has 0 spiro atoms. The van der Waals surface area contributed by atoms with Crippen LogP contribution >= 0.6 is 0 Å². The molecule has 0 fully saturated rings. The van der Waals surface area contributed by atoms with Crippen molar-refractivity contribution in [1.29, 1.82) is 0 Å². The average Bonchev–Trinajstić information content (AvgIpc) is 3.46. The fourth-order valence-electron chi connectivity index (χ4n) is 9.67. The molecule has 0 bridgehead atoms. The Bertz CT molecular complexity index is 1560. The van der Waals surface area contributed by atoms with Gasteiger partial charge in [0.1, 0.15) is 13.2 Å². The summed E-state index contributed by atoms with van der Waals surface area (Å²) in [6.45, 7) is 6.52. The molecular formula is C74H128O6. The van der Waals surface area contributed by atoms with Crippen LogP contribution in [0.15, 0.2) is 97.2 Å². The lowest BCUT2D eigenvalue weighted by Gasteiger charge is -2.18. The van der Waals surface area contributed by atoms with Crippen LogP contribution in [-0.2, 0) is 28.6 Å². The molecule has 0 aromatic heterocycles. The van der Waals surface area contributed by atoms with E-state index in [0.29, 0.717) is 19.3 Å². The van der Waals surface area contributed by atoms with Crippen LogP contribution in [0, 0.1) is 0 Å². The fraction of sp³-hybridized carbons (Fsp3) is 0.743. The third-order valence-electron chi connectivity index (χ3n) is 14.8. The quantitative estimate of drug-likeness (QED) is 0.0261. The van der Waals surface area contributed by atoms with Crippen molar-refractivity contribution in [2.45, 2.75) is 341 Å². The zero-order valence-corrected chi connectivity index (χ0v) is 52.8. The molecule has 0 aromatic carbocycles. The van der Waals surface area contributed by atoms with Crippen LogP contribution in [0.5, 0.6) is 0 Å². The number of allylic oxidation sites excluding steroid dienone is 16. The largest absolute Gasteiger partial charge is 0.462 e. The number of rotatable bonds is 62. The SMILES string of the molecule is CC/C=C\C/C=C\C/C=C\C/C=C\C/C=C\CCCCCCCCCCCCCCCCCC(=O)OCC(COC(=O)CCCCCCC/C=C\CCCCCCCC)OC(=O)CCCCCCC/C=C\C/C=C\CCCCCC. The highest BCUT2D eigenvalue weighted by Crippen LogP contribution is 2.17. The average molecular weight is 1110 g/mol. The van der Waals surface area contributed by atoms with Crippen molar-refractivity contribution >= 4 is 17.9 Å². The molecule has 0 aliphatic rings. The third-order valence-corrected chi connectivity index (χ3v) is 14.8. The van der Waals surface area contributed by atoms with E-state index in [1.165, 1.54) is 173 Å². The van der Waals surface area contributed by atoms with Crippen molar-refractivity contribution in [2.75, 3.05) is 13.2 Å². The van der Waals surface area contributed by atoms with Gasteiger partial charge in [-0.05, 0) is 122 Å². The Balaban J connectivity index is 4.24. The molecule has 0 N–H and O–H groups in total. The number of ether oxygens (including phenoxy) is 3. The van der Waals surface area contributed by atoms with E-state index in [1.54, 1.807) is 0 Å². The van der Waals surface area contributed by atoms with Gasteiger partial charge in [-0.3, -0.25) is 14.4 Å². The zero-order chi connectivity index (χ0) is 57.8. The molecule has 6 nitrogen and oxygen atoms in total. The molecule has 0 heterocycles. The van der Waals surface area contributed by atoms with E-state index in [1.807, 2.05) is 0 Å². The van der Waals surface area contributed by atoms with Gasteiger partial charge in [0.15, 0.2) is 6.10 Å². The second kappa shape index (κ2) is 67.8. The van der Waals surface area contributed by atoms with E-state index in [0.717, 1.165) is 122 Å². The number of unbranched alkanes of at least 4 members (excludes halogenated alkanes) is 35. The zero-order valence-electron chi connectivity index (χ0n) is 52.8. The minimum Gasteiger partial charge on any atom is -0.462 e. The topological polar surface area (TPSA) is 78.9 Å². The highest BCUT2D eigenvalue weighted by Gasteiger charge is 2.19. The summed E-state index contributed by atoms with van der Waals surface area (Å²) in [5, 5.41) is 0. The lowest BCUT2D eigenvalue weighted by Crippen LogP contribution is -2.30. The van der Waals surface area contributed by atoms with Gasteiger partial charge in [0.05, 0.1) is 0 Å². The first kappa shape index (κ1) is 76.3. The smallest absolute Gasteiger partial charge is 0.306 e. The normalized spacial score (nSPS) is 12.7. The highest BCUT2D eigenvalue weighted by molar-refractivity contribution is 5.71. The number of hydrogen-bond acceptors (Lipinski definition) is 6. The van der Waals surface area contributed by atoms with Crippen molar-refractivity contribution in [3.63, 3.8) is 0 Å². The number of esters is 3. The first-order chi connectivity index (χ1) is 39.5. The molecule has 1 atom stereocenters. The minimum absolute atomic E-state index is 0.0834. The van der Waals surface area contributed by atoms with Gasteiger partial charge in [-0.1, -0.05) is 291 Å². The maximum Gasteiger partial charge on any atom is 0.306 e. The molecule has 0 saturated heterocycles. The van der Waals surface area contributed by atoms with Crippen molar-refractivity contribution in [3.05, 3.63) is 97.2 Å². The van der Waals surface area contributed by atoms with Crippen LogP contribution < -0.4 is 0 Å². The Kier molecular flexibility index (Phi) is 64.7. The first-order valence-corrected chi connectivity index (χ1v) is 34.2. The molecule has 6 heteroatoms. The van der Waals surface area contributed by atoms with Crippen molar-refractivity contribution in [3.8, 4) is 0 Å². The van der Waals surface area contributed by atoms with E-state index >= 15 is 0 Å². The summed E-state index contributed by atoms with van der Waals surface area (Å²) in [5.74, 6) is -0.892.